The Hall–Kier alpha value is -3.64. The second-order valence-corrected chi connectivity index (χ2v) is 6.72. The fraction of sp³-hybridized carbons (Fsp3) is 0.167. The molecule has 0 saturated heterocycles. The summed E-state index contributed by atoms with van der Waals surface area (Å²) in [6, 6.07) is 16.2. The number of rotatable bonds is 9. The van der Waals surface area contributed by atoms with Gasteiger partial charge >= 0.3 is 0 Å². The number of aldehydes is 2. The number of benzene rings is 3. The highest BCUT2D eigenvalue weighted by Gasteiger charge is 2.24. The largest absolute Gasteiger partial charge is 0.508 e. The van der Waals surface area contributed by atoms with Crippen molar-refractivity contribution in [1.29, 1.82) is 0 Å². The number of hydrogen-bond acceptors (Lipinski definition) is 6. The molecule has 3 rings (SSSR count). The first kappa shape index (κ1) is 21.1. The van der Waals surface area contributed by atoms with Crippen molar-refractivity contribution in [3.8, 4) is 17.2 Å². The molecule has 0 saturated carbocycles. The van der Waals surface area contributed by atoms with Gasteiger partial charge in [0.1, 0.15) is 36.4 Å². The number of methoxy groups -OCH3 is 1. The van der Waals surface area contributed by atoms with E-state index >= 15 is 0 Å². The van der Waals surface area contributed by atoms with Crippen LogP contribution in [0.4, 0.5) is 0 Å². The van der Waals surface area contributed by atoms with E-state index in [1.165, 1.54) is 24.3 Å². The van der Waals surface area contributed by atoms with Crippen molar-refractivity contribution in [3.05, 3.63) is 88.5 Å². The second-order valence-electron chi connectivity index (χ2n) is 6.72. The molecule has 0 radical (unpaired) electrons. The van der Waals surface area contributed by atoms with Crippen molar-refractivity contribution in [2.24, 2.45) is 0 Å². The molecule has 0 spiro atoms. The molecule has 6 nitrogen and oxygen atoms in total. The summed E-state index contributed by atoms with van der Waals surface area (Å²) in [6.07, 6.45) is 1.37. The lowest BCUT2D eigenvalue weighted by molar-refractivity contribution is 0.111. The van der Waals surface area contributed by atoms with Gasteiger partial charge in [0.25, 0.3) is 0 Å². The Labute approximate surface area is 174 Å². The topological polar surface area (TPSA) is 93.1 Å². The normalized spacial score (nSPS) is 10.7. The molecule has 0 aliphatic carbocycles. The molecule has 2 N–H and O–H groups in total. The molecular formula is C24H22O6. The molecule has 0 unspecified atom stereocenters. The van der Waals surface area contributed by atoms with Gasteiger partial charge in [-0.25, -0.2) is 0 Å². The van der Waals surface area contributed by atoms with Gasteiger partial charge in [-0.15, -0.1) is 0 Å². The Morgan fingerprint density at radius 2 is 1.43 bits per heavy atom. The zero-order valence-corrected chi connectivity index (χ0v) is 16.4. The van der Waals surface area contributed by atoms with Crippen molar-refractivity contribution >= 4 is 12.6 Å². The van der Waals surface area contributed by atoms with Gasteiger partial charge < -0.3 is 19.7 Å². The highest BCUT2D eigenvalue weighted by atomic mass is 16.5. The summed E-state index contributed by atoms with van der Waals surface area (Å²) in [6.45, 7) is 0.792. The molecule has 0 aliphatic rings. The molecule has 0 heterocycles. The number of phenols is 2. The SMILES string of the molecule is COCCOc1cccc(C(c2cc(C=O)ccc2O)c2cc(C=O)ccc2O)c1. The van der Waals surface area contributed by atoms with Crippen LogP contribution in [0.25, 0.3) is 0 Å². The summed E-state index contributed by atoms with van der Waals surface area (Å²) in [5.41, 5.74) is 2.32. The van der Waals surface area contributed by atoms with Gasteiger partial charge in [0.2, 0.25) is 0 Å². The van der Waals surface area contributed by atoms with Crippen LogP contribution in [-0.4, -0.2) is 43.1 Å². The predicted molar refractivity (Wildman–Crippen MR) is 112 cm³/mol. The van der Waals surface area contributed by atoms with Crippen LogP contribution in [0, 0.1) is 0 Å². The molecule has 0 aromatic heterocycles. The molecule has 0 bridgehead atoms. The highest BCUT2D eigenvalue weighted by molar-refractivity contribution is 5.77. The van der Waals surface area contributed by atoms with E-state index in [2.05, 4.69) is 0 Å². The van der Waals surface area contributed by atoms with Gasteiger partial charge in [0.15, 0.2) is 0 Å². The molecule has 6 heteroatoms. The average Bonchev–Trinajstić information content (AvgIpc) is 2.77. The average molecular weight is 406 g/mol. The molecule has 0 fully saturated rings. The van der Waals surface area contributed by atoms with E-state index in [1.54, 1.807) is 37.4 Å². The Bertz CT molecular complexity index is 986. The maximum atomic E-state index is 11.3. The fourth-order valence-corrected chi connectivity index (χ4v) is 3.31. The predicted octanol–water partition coefficient (Wildman–Crippen LogP) is 3.93. The van der Waals surface area contributed by atoms with E-state index in [-0.39, 0.29) is 11.5 Å². The summed E-state index contributed by atoms with van der Waals surface area (Å²) in [5, 5.41) is 21.1. The van der Waals surface area contributed by atoms with Crippen LogP contribution >= 0.6 is 0 Å². The minimum Gasteiger partial charge on any atom is -0.508 e. The van der Waals surface area contributed by atoms with Crippen molar-refractivity contribution in [3.63, 3.8) is 0 Å². The van der Waals surface area contributed by atoms with E-state index in [4.69, 9.17) is 9.47 Å². The summed E-state index contributed by atoms with van der Waals surface area (Å²) < 4.78 is 10.7. The molecule has 3 aromatic rings. The number of hydrogen-bond donors (Lipinski definition) is 2. The van der Waals surface area contributed by atoms with Crippen molar-refractivity contribution in [2.75, 3.05) is 20.3 Å². The second kappa shape index (κ2) is 9.71. The molecular weight excluding hydrogens is 384 g/mol. The molecule has 3 aromatic carbocycles. The van der Waals surface area contributed by atoms with Crippen LogP contribution in [0.3, 0.4) is 0 Å². The fourth-order valence-electron chi connectivity index (χ4n) is 3.31. The van der Waals surface area contributed by atoms with Gasteiger partial charge in [-0.3, -0.25) is 9.59 Å². The van der Waals surface area contributed by atoms with Gasteiger partial charge in [0.05, 0.1) is 6.61 Å². The van der Waals surface area contributed by atoms with Crippen LogP contribution in [0.1, 0.15) is 43.3 Å². The number of carbonyl (C=O) groups excluding carboxylic acids is 2. The highest BCUT2D eigenvalue weighted by Crippen LogP contribution is 2.41. The minimum absolute atomic E-state index is 0.0350. The van der Waals surface area contributed by atoms with Gasteiger partial charge in [-0.1, -0.05) is 12.1 Å². The van der Waals surface area contributed by atoms with E-state index in [1.807, 2.05) is 6.07 Å². The molecule has 0 atom stereocenters. The number of phenolic OH excluding ortho intramolecular Hbond substituents is 2. The van der Waals surface area contributed by atoms with Crippen molar-refractivity contribution in [2.45, 2.75) is 5.92 Å². The van der Waals surface area contributed by atoms with Gasteiger partial charge in [-0.05, 0) is 54.1 Å². The first-order valence-corrected chi connectivity index (χ1v) is 9.35. The molecule has 154 valence electrons. The smallest absolute Gasteiger partial charge is 0.150 e. The van der Waals surface area contributed by atoms with Gasteiger partial charge in [0, 0.05) is 35.3 Å². The Kier molecular flexibility index (Phi) is 6.83. The summed E-state index contributed by atoms with van der Waals surface area (Å²) >= 11 is 0. The third-order valence-electron chi connectivity index (χ3n) is 4.74. The van der Waals surface area contributed by atoms with Crippen LogP contribution in [0.2, 0.25) is 0 Å². The standard InChI is InChI=1S/C24H22O6/c1-29-9-10-30-19-4-2-3-18(13-19)24(20-11-16(14-25)5-7-22(20)27)21-12-17(15-26)6-8-23(21)28/h2-8,11-15,24,27-28H,9-10H2,1H3. The Morgan fingerprint density at radius 3 is 1.97 bits per heavy atom. The first-order chi connectivity index (χ1) is 14.6. The Balaban J connectivity index is 2.18. The van der Waals surface area contributed by atoms with Crippen molar-refractivity contribution < 1.29 is 29.3 Å². The van der Waals surface area contributed by atoms with Crippen LogP contribution in [-0.2, 0) is 4.74 Å². The molecule has 0 amide bonds. The summed E-state index contributed by atoms with van der Waals surface area (Å²) in [4.78, 5) is 22.6. The first-order valence-electron chi connectivity index (χ1n) is 9.35. The third-order valence-corrected chi connectivity index (χ3v) is 4.74. The maximum Gasteiger partial charge on any atom is 0.150 e. The van der Waals surface area contributed by atoms with Crippen molar-refractivity contribution in [1.82, 2.24) is 0 Å². The van der Waals surface area contributed by atoms with Gasteiger partial charge in [-0.2, -0.15) is 0 Å². The lowest BCUT2D eigenvalue weighted by Gasteiger charge is -2.22. The van der Waals surface area contributed by atoms with E-state index in [0.29, 0.717) is 59.4 Å². The number of carbonyl (C=O) groups is 2. The van der Waals surface area contributed by atoms with E-state index in [0.717, 1.165) is 0 Å². The van der Waals surface area contributed by atoms with E-state index in [9.17, 15) is 19.8 Å². The lowest BCUT2D eigenvalue weighted by Crippen LogP contribution is -2.08. The third kappa shape index (κ3) is 4.67. The number of aromatic hydroxyl groups is 2. The van der Waals surface area contributed by atoms with Crippen LogP contribution in [0.15, 0.2) is 60.7 Å². The Morgan fingerprint density at radius 1 is 0.833 bits per heavy atom. The lowest BCUT2D eigenvalue weighted by atomic mass is 9.83. The zero-order chi connectivity index (χ0) is 21.5. The number of ether oxygens (including phenoxy) is 2. The maximum absolute atomic E-state index is 11.3. The van der Waals surface area contributed by atoms with Crippen LogP contribution in [0.5, 0.6) is 17.2 Å². The summed E-state index contributed by atoms with van der Waals surface area (Å²) in [7, 11) is 1.58. The molecule has 0 aliphatic heterocycles. The van der Waals surface area contributed by atoms with Crippen LogP contribution < -0.4 is 4.74 Å². The minimum atomic E-state index is -0.643. The zero-order valence-electron chi connectivity index (χ0n) is 16.4. The monoisotopic (exact) mass is 406 g/mol. The quantitative estimate of drug-likeness (QED) is 0.318. The molecule has 30 heavy (non-hydrogen) atoms. The van der Waals surface area contributed by atoms with E-state index < -0.39 is 5.92 Å². The summed E-state index contributed by atoms with van der Waals surface area (Å²) in [5.74, 6) is -0.123.